The number of benzene rings is 1. The van der Waals surface area contributed by atoms with Gasteiger partial charge in [-0.05, 0) is 42.4 Å². The molecule has 1 aromatic carbocycles. The van der Waals surface area contributed by atoms with E-state index in [9.17, 15) is 4.79 Å². The van der Waals surface area contributed by atoms with Gasteiger partial charge in [-0.25, -0.2) is 4.99 Å². The number of rotatable bonds is 7. The van der Waals surface area contributed by atoms with Crippen LogP contribution in [0.3, 0.4) is 0 Å². The highest BCUT2D eigenvalue weighted by molar-refractivity contribution is 14.0. The Morgan fingerprint density at radius 2 is 2.12 bits per heavy atom. The van der Waals surface area contributed by atoms with Crippen molar-refractivity contribution in [2.75, 3.05) is 11.9 Å². The molecule has 0 atom stereocenters. The van der Waals surface area contributed by atoms with Gasteiger partial charge in [-0.1, -0.05) is 32.4 Å². The molecule has 1 aliphatic carbocycles. The SMILES string of the molecule is CC(C)CC(=O)Nc1cccc(CN=C(N)NCC2CCC2)c1.I. The summed E-state index contributed by atoms with van der Waals surface area (Å²) in [5.74, 6) is 1.64. The number of guanidine groups is 1. The van der Waals surface area contributed by atoms with Crippen LogP contribution in [0.4, 0.5) is 5.69 Å². The van der Waals surface area contributed by atoms with Gasteiger partial charge >= 0.3 is 0 Å². The number of carbonyl (C=O) groups is 1. The van der Waals surface area contributed by atoms with Crippen LogP contribution < -0.4 is 16.4 Å². The summed E-state index contributed by atoms with van der Waals surface area (Å²) in [5, 5.41) is 6.10. The Bertz CT molecular complexity index is 556. The average Bonchev–Trinajstić information content (AvgIpc) is 2.43. The largest absolute Gasteiger partial charge is 0.370 e. The van der Waals surface area contributed by atoms with E-state index >= 15 is 0 Å². The highest BCUT2D eigenvalue weighted by Crippen LogP contribution is 2.25. The van der Waals surface area contributed by atoms with Crippen molar-refractivity contribution < 1.29 is 4.79 Å². The Balaban J connectivity index is 0.00000288. The van der Waals surface area contributed by atoms with E-state index in [0.717, 1.165) is 23.7 Å². The number of nitrogens with zero attached hydrogens (tertiary/aromatic N) is 1. The fraction of sp³-hybridized carbons (Fsp3) is 0.556. The summed E-state index contributed by atoms with van der Waals surface area (Å²) in [5.41, 5.74) is 7.73. The van der Waals surface area contributed by atoms with Gasteiger partial charge in [-0.3, -0.25) is 4.79 Å². The molecule has 24 heavy (non-hydrogen) atoms. The van der Waals surface area contributed by atoms with Gasteiger partial charge in [0.05, 0.1) is 6.54 Å². The second-order valence-corrected chi connectivity index (χ2v) is 6.73. The minimum atomic E-state index is 0. The summed E-state index contributed by atoms with van der Waals surface area (Å²) in [4.78, 5) is 16.2. The third-order valence-corrected chi connectivity index (χ3v) is 4.03. The van der Waals surface area contributed by atoms with E-state index in [4.69, 9.17) is 5.73 Å². The number of hydrogen-bond donors (Lipinski definition) is 3. The van der Waals surface area contributed by atoms with Crippen molar-refractivity contribution in [3.8, 4) is 0 Å². The zero-order valence-corrected chi connectivity index (χ0v) is 16.9. The molecule has 1 saturated carbocycles. The molecular formula is C18H29IN4O. The molecule has 5 nitrogen and oxygen atoms in total. The van der Waals surface area contributed by atoms with E-state index in [2.05, 4.69) is 15.6 Å². The maximum absolute atomic E-state index is 11.8. The summed E-state index contributed by atoms with van der Waals surface area (Å²) in [7, 11) is 0. The van der Waals surface area contributed by atoms with E-state index in [1.165, 1.54) is 19.3 Å². The highest BCUT2D eigenvalue weighted by Gasteiger charge is 2.16. The molecule has 1 fully saturated rings. The van der Waals surface area contributed by atoms with E-state index in [-0.39, 0.29) is 29.9 Å². The van der Waals surface area contributed by atoms with E-state index in [1.54, 1.807) is 0 Å². The molecule has 1 aliphatic rings. The molecule has 0 spiro atoms. The topological polar surface area (TPSA) is 79.5 Å². The van der Waals surface area contributed by atoms with Crippen LogP contribution in [0.5, 0.6) is 0 Å². The first-order valence-corrected chi connectivity index (χ1v) is 8.45. The van der Waals surface area contributed by atoms with Crippen LogP contribution in [0.2, 0.25) is 0 Å². The number of hydrogen-bond acceptors (Lipinski definition) is 2. The van der Waals surface area contributed by atoms with Crippen LogP contribution >= 0.6 is 24.0 Å². The summed E-state index contributed by atoms with van der Waals surface area (Å²) in [6.07, 6.45) is 4.44. The van der Waals surface area contributed by atoms with Crippen molar-refractivity contribution in [2.45, 2.75) is 46.1 Å². The first kappa shape index (κ1) is 20.7. The molecule has 6 heteroatoms. The van der Waals surface area contributed by atoms with Crippen LogP contribution in [0, 0.1) is 11.8 Å². The molecule has 0 unspecified atom stereocenters. The smallest absolute Gasteiger partial charge is 0.224 e. The van der Waals surface area contributed by atoms with Gasteiger partial charge in [0.2, 0.25) is 5.91 Å². The van der Waals surface area contributed by atoms with Gasteiger partial charge in [0, 0.05) is 18.7 Å². The van der Waals surface area contributed by atoms with E-state index in [1.807, 2.05) is 38.1 Å². The predicted molar refractivity (Wildman–Crippen MR) is 111 cm³/mol. The third kappa shape index (κ3) is 7.51. The molecule has 0 bridgehead atoms. The minimum absolute atomic E-state index is 0. The Morgan fingerprint density at radius 3 is 2.75 bits per heavy atom. The van der Waals surface area contributed by atoms with Crippen molar-refractivity contribution in [1.82, 2.24) is 5.32 Å². The molecule has 0 radical (unpaired) electrons. The lowest BCUT2D eigenvalue weighted by atomic mass is 9.85. The second-order valence-electron chi connectivity index (χ2n) is 6.73. The van der Waals surface area contributed by atoms with Crippen molar-refractivity contribution in [2.24, 2.45) is 22.6 Å². The van der Waals surface area contributed by atoms with Gasteiger partial charge in [0.1, 0.15) is 0 Å². The molecule has 2 rings (SSSR count). The normalized spacial score (nSPS) is 14.7. The van der Waals surface area contributed by atoms with Crippen LogP contribution in [0.1, 0.15) is 45.1 Å². The fourth-order valence-corrected chi connectivity index (χ4v) is 2.51. The molecule has 1 aromatic rings. The Labute approximate surface area is 161 Å². The number of carbonyl (C=O) groups excluding carboxylic acids is 1. The van der Waals surface area contributed by atoms with Crippen molar-refractivity contribution in [3.05, 3.63) is 29.8 Å². The second kappa shape index (κ2) is 10.5. The standard InChI is InChI=1S/C18H28N4O.HI/c1-13(2)9-17(23)22-16-8-4-7-15(10-16)12-21-18(19)20-11-14-5-3-6-14;/h4,7-8,10,13-14H,3,5-6,9,11-12H2,1-2H3,(H,22,23)(H3,19,20,21);1H. The molecule has 0 saturated heterocycles. The summed E-state index contributed by atoms with van der Waals surface area (Å²) < 4.78 is 0. The van der Waals surface area contributed by atoms with Gasteiger partial charge < -0.3 is 16.4 Å². The lowest BCUT2D eigenvalue weighted by Gasteiger charge is -2.25. The van der Waals surface area contributed by atoms with Gasteiger partial charge in [-0.15, -0.1) is 24.0 Å². The van der Waals surface area contributed by atoms with Crippen LogP contribution in [-0.4, -0.2) is 18.4 Å². The minimum Gasteiger partial charge on any atom is -0.370 e. The lowest BCUT2D eigenvalue weighted by Crippen LogP contribution is -2.37. The zero-order chi connectivity index (χ0) is 16.7. The monoisotopic (exact) mass is 444 g/mol. The predicted octanol–water partition coefficient (Wildman–Crippen LogP) is 3.49. The molecule has 0 aromatic heterocycles. The number of amides is 1. The Hall–Kier alpha value is -1.31. The quantitative estimate of drug-likeness (QED) is 0.342. The summed E-state index contributed by atoms with van der Waals surface area (Å²) in [6.45, 7) is 5.49. The number of nitrogens with two attached hydrogens (primary N) is 1. The maximum atomic E-state index is 11.8. The van der Waals surface area contributed by atoms with Crippen molar-refractivity contribution in [1.29, 1.82) is 0 Å². The lowest BCUT2D eigenvalue weighted by molar-refractivity contribution is -0.116. The van der Waals surface area contributed by atoms with Gasteiger partial charge in [-0.2, -0.15) is 0 Å². The van der Waals surface area contributed by atoms with Gasteiger partial charge in [0.25, 0.3) is 0 Å². The number of halogens is 1. The summed E-state index contributed by atoms with van der Waals surface area (Å²) in [6, 6.07) is 7.75. The molecule has 4 N–H and O–H groups in total. The van der Waals surface area contributed by atoms with E-state index in [0.29, 0.717) is 24.8 Å². The molecule has 134 valence electrons. The molecule has 1 amide bonds. The fourth-order valence-electron chi connectivity index (χ4n) is 2.51. The number of anilines is 1. The van der Waals surface area contributed by atoms with Crippen LogP contribution in [0.25, 0.3) is 0 Å². The molecular weight excluding hydrogens is 415 g/mol. The average molecular weight is 444 g/mol. The highest BCUT2D eigenvalue weighted by atomic mass is 127. The van der Waals surface area contributed by atoms with Crippen LogP contribution in [-0.2, 0) is 11.3 Å². The number of aliphatic imine (C=N–C) groups is 1. The summed E-state index contributed by atoms with van der Waals surface area (Å²) >= 11 is 0. The molecule has 0 heterocycles. The number of nitrogens with one attached hydrogen (secondary N) is 2. The van der Waals surface area contributed by atoms with Crippen molar-refractivity contribution in [3.63, 3.8) is 0 Å². The first-order valence-electron chi connectivity index (χ1n) is 8.45. The van der Waals surface area contributed by atoms with Crippen LogP contribution in [0.15, 0.2) is 29.3 Å². The Kier molecular flexibility index (Phi) is 9.10. The zero-order valence-electron chi connectivity index (χ0n) is 14.5. The first-order chi connectivity index (χ1) is 11.0. The maximum Gasteiger partial charge on any atom is 0.224 e. The third-order valence-electron chi connectivity index (χ3n) is 4.03. The Morgan fingerprint density at radius 1 is 1.38 bits per heavy atom. The van der Waals surface area contributed by atoms with Crippen molar-refractivity contribution >= 4 is 41.5 Å². The van der Waals surface area contributed by atoms with Gasteiger partial charge in [0.15, 0.2) is 5.96 Å². The van der Waals surface area contributed by atoms with E-state index < -0.39 is 0 Å². The molecule has 0 aliphatic heterocycles.